The van der Waals surface area contributed by atoms with E-state index < -0.39 is 0 Å². The largest absolute Gasteiger partial charge is 0.309 e. The smallest absolute Gasteiger partial charge is 0.164 e. The molecule has 308 valence electrons. The van der Waals surface area contributed by atoms with Gasteiger partial charge in [-0.2, -0.15) is 0 Å². The van der Waals surface area contributed by atoms with E-state index in [0.717, 1.165) is 55.7 Å². The van der Waals surface area contributed by atoms with Crippen LogP contribution in [0.5, 0.6) is 0 Å². The summed E-state index contributed by atoms with van der Waals surface area (Å²) in [6.07, 6.45) is 0. The van der Waals surface area contributed by atoms with Gasteiger partial charge < -0.3 is 4.57 Å². The number of hydrogen-bond donors (Lipinski definition) is 0. The third-order valence-corrected chi connectivity index (χ3v) is 14.1. The maximum absolute atomic E-state index is 5.30. The maximum Gasteiger partial charge on any atom is 0.164 e. The molecule has 4 nitrogen and oxygen atoms in total. The molecular weight excluding hydrogens is 821 g/mol. The Bertz CT molecular complexity index is 3920. The zero-order valence-corrected chi connectivity index (χ0v) is 36.5. The van der Waals surface area contributed by atoms with Crippen molar-refractivity contribution in [2.24, 2.45) is 0 Å². The maximum atomic E-state index is 5.30. The lowest BCUT2D eigenvalue weighted by molar-refractivity contribution is 1.07. The van der Waals surface area contributed by atoms with Crippen LogP contribution in [0.4, 0.5) is 0 Å². The van der Waals surface area contributed by atoms with Crippen LogP contribution in [0.2, 0.25) is 0 Å². The Labute approximate surface area is 385 Å². The first-order valence-electron chi connectivity index (χ1n) is 22.3. The standard InChI is InChI=1S/C61H38N4S/c1-2-14-40(15-3-1)48-37-36-45(38-56(48)65-54-25-9-6-19-50(54)51-20-7-10-26-55(51)65)61-63-59(43-32-28-41(29-33-43)47-22-12-17-39-16-4-5-18-46(39)47)62-60(64-61)44-34-30-42(31-35-44)49-23-13-24-53-52-21-8-11-27-57(52)66-58(49)53/h1-38H. The normalized spacial score (nSPS) is 11.6. The van der Waals surface area contributed by atoms with Crippen molar-refractivity contribution in [3.8, 4) is 73.2 Å². The highest BCUT2D eigenvalue weighted by atomic mass is 32.1. The molecule has 0 N–H and O–H groups in total. The van der Waals surface area contributed by atoms with Crippen molar-refractivity contribution in [3.05, 3.63) is 231 Å². The molecule has 0 spiro atoms. The first-order valence-corrected chi connectivity index (χ1v) is 23.1. The van der Waals surface area contributed by atoms with Gasteiger partial charge in [0.2, 0.25) is 0 Å². The second kappa shape index (κ2) is 15.6. The lowest BCUT2D eigenvalue weighted by atomic mass is 9.97. The zero-order valence-electron chi connectivity index (χ0n) is 35.6. The highest BCUT2D eigenvalue weighted by Crippen LogP contribution is 2.41. The molecule has 0 aliphatic carbocycles. The summed E-state index contributed by atoms with van der Waals surface area (Å²) in [5.74, 6) is 1.84. The predicted octanol–water partition coefficient (Wildman–Crippen LogP) is 16.5. The topological polar surface area (TPSA) is 43.6 Å². The lowest BCUT2D eigenvalue weighted by Crippen LogP contribution is -2.02. The summed E-state index contributed by atoms with van der Waals surface area (Å²) in [6, 6.07) is 82.2. The summed E-state index contributed by atoms with van der Waals surface area (Å²) in [4.78, 5) is 15.8. The second-order valence-corrected chi connectivity index (χ2v) is 17.8. The first kappa shape index (κ1) is 38.0. The summed E-state index contributed by atoms with van der Waals surface area (Å²) >= 11 is 1.85. The van der Waals surface area contributed by atoms with Crippen molar-refractivity contribution < 1.29 is 0 Å². The van der Waals surface area contributed by atoms with E-state index in [4.69, 9.17) is 15.0 Å². The number of para-hydroxylation sites is 2. The summed E-state index contributed by atoms with van der Waals surface area (Å²) in [6.45, 7) is 0. The van der Waals surface area contributed by atoms with E-state index >= 15 is 0 Å². The van der Waals surface area contributed by atoms with Crippen LogP contribution in [0.25, 0.3) is 126 Å². The van der Waals surface area contributed by atoms with Gasteiger partial charge in [-0.15, -0.1) is 11.3 Å². The minimum absolute atomic E-state index is 0.605. The number of nitrogens with zero attached hydrogens (tertiary/aromatic N) is 4. The molecular formula is C61H38N4S. The molecule has 66 heavy (non-hydrogen) atoms. The quantitative estimate of drug-likeness (QED) is 0.160. The molecule has 13 aromatic rings. The van der Waals surface area contributed by atoms with Gasteiger partial charge in [0.05, 0.1) is 16.7 Å². The molecule has 0 atom stereocenters. The van der Waals surface area contributed by atoms with Crippen molar-refractivity contribution in [1.82, 2.24) is 19.5 Å². The van der Waals surface area contributed by atoms with E-state index in [1.165, 1.54) is 52.8 Å². The van der Waals surface area contributed by atoms with Gasteiger partial charge in [0.25, 0.3) is 0 Å². The van der Waals surface area contributed by atoms with Crippen LogP contribution in [0.3, 0.4) is 0 Å². The SMILES string of the molecule is c1ccc(-c2ccc(-c3nc(-c4ccc(-c5cccc6ccccc56)cc4)nc(-c4ccc(-c5cccc6c5sc5ccccc56)cc4)n3)cc2-n2c3ccccc3c3ccccc32)cc1. The highest BCUT2D eigenvalue weighted by molar-refractivity contribution is 7.26. The molecule has 0 aliphatic heterocycles. The van der Waals surface area contributed by atoms with Gasteiger partial charge in [0.15, 0.2) is 17.5 Å². The predicted molar refractivity (Wildman–Crippen MR) is 277 cm³/mol. The molecule has 0 radical (unpaired) electrons. The van der Waals surface area contributed by atoms with Crippen LogP contribution >= 0.6 is 11.3 Å². The van der Waals surface area contributed by atoms with Gasteiger partial charge >= 0.3 is 0 Å². The van der Waals surface area contributed by atoms with Gasteiger partial charge in [-0.05, 0) is 62.9 Å². The van der Waals surface area contributed by atoms with E-state index in [9.17, 15) is 0 Å². The first-order chi connectivity index (χ1) is 32.7. The van der Waals surface area contributed by atoms with Crippen molar-refractivity contribution in [3.63, 3.8) is 0 Å². The Hall–Kier alpha value is -8.51. The Kier molecular flexibility index (Phi) is 9.00. The van der Waals surface area contributed by atoms with Crippen LogP contribution in [0.1, 0.15) is 0 Å². The van der Waals surface area contributed by atoms with Gasteiger partial charge in [-0.3, -0.25) is 0 Å². The van der Waals surface area contributed by atoms with E-state index in [1.54, 1.807) is 0 Å². The third kappa shape index (κ3) is 6.40. The fourth-order valence-electron chi connectivity index (χ4n) is 9.71. The number of hydrogen-bond acceptors (Lipinski definition) is 4. The number of thiophene rings is 1. The van der Waals surface area contributed by atoms with Crippen LogP contribution < -0.4 is 0 Å². The summed E-state index contributed by atoms with van der Waals surface area (Å²) in [5.41, 5.74) is 13.0. The summed E-state index contributed by atoms with van der Waals surface area (Å²) in [5, 5.41) is 7.44. The van der Waals surface area contributed by atoms with E-state index in [0.29, 0.717) is 17.5 Å². The molecule has 0 saturated carbocycles. The Balaban J connectivity index is 0.980. The zero-order chi connectivity index (χ0) is 43.6. The Morgan fingerprint density at radius 1 is 0.303 bits per heavy atom. The van der Waals surface area contributed by atoms with Gasteiger partial charge in [0, 0.05) is 53.2 Å². The Morgan fingerprint density at radius 2 is 0.773 bits per heavy atom. The molecule has 0 amide bonds. The minimum atomic E-state index is 0.605. The van der Waals surface area contributed by atoms with Crippen molar-refractivity contribution in [2.45, 2.75) is 0 Å². The highest BCUT2D eigenvalue weighted by Gasteiger charge is 2.20. The van der Waals surface area contributed by atoms with Gasteiger partial charge in [-0.25, -0.2) is 15.0 Å². The second-order valence-electron chi connectivity index (χ2n) is 16.7. The van der Waals surface area contributed by atoms with Crippen molar-refractivity contribution >= 4 is 64.1 Å². The van der Waals surface area contributed by atoms with Crippen molar-refractivity contribution in [2.75, 3.05) is 0 Å². The van der Waals surface area contributed by atoms with Gasteiger partial charge in [-0.1, -0.05) is 206 Å². The van der Waals surface area contributed by atoms with E-state index in [1.807, 2.05) is 11.3 Å². The molecule has 0 fully saturated rings. The van der Waals surface area contributed by atoms with Crippen LogP contribution in [0.15, 0.2) is 231 Å². The molecule has 13 rings (SSSR count). The monoisotopic (exact) mass is 858 g/mol. The van der Waals surface area contributed by atoms with E-state index in [-0.39, 0.29) is 0 Å². The van der Waals surface area contributed by atoms with Crippen molar-refractivity contribution in [1.29, 1.82) is 0 Å². The molecule has 10 aromatic carbocycles. The number of aromatic nitrogens is 4. The minimum Gasteiger partial charge on any atom is -0.309 e. The fraction of sp³-hybridized carbons (Fsp3) is 0. The fourth-order valence-corrected chi connectivity index (χ4v) is 11.0. The number of benzene rings is 10. The average Bonchev–Trinajstić information content (AvgIpc) is 3.95. The molecule has 0 bridgehead atoms. The third-order valence-electron chi connectivity index (χ3n) is 12.9. The van der Waals surface area contributed by atoms with Crippen LogP contribution in [-0.4, -0.2) is 19.5 Å². The average molecular weight is 859 g/mol. The van der Waals surface area contributed by atoms with Crippen LogP contribution in [-0.2, 0) is 0 Å². The van der Waals surface area contributed by atoms with E-state index in [2.05, 4.69) is 235 Å². The molecule has 0 unspecified atom stereocenters. The number of rotatable bonds is 7. The number of fused-ring (bicyclic) bond motifs is 7. The summed E-state index contributed by atoms with van der Waals surface area (Å²) < 4.78 is 4.98. The molecule has 3 aromatic heterocycles. The molecule has 0 aliphatic rings. The molecule has 0 saturated heterocycles. The summed E-state index contributed by atoms with van der Waals surface area (Å²) in [7, 11) is 0. The molecule has 5 heteroatoms. The lowest BCUT2D eigenvalue weighted by Gasteiger charge is -2.16. The molecule has 3 heterocycles. The van der Waals surface area contributed by atoms with Gasteiger partial charge in [0.1, 0.15) is 0 Å². The van der Waals surface area contributed by atoms with Crippen LogP contribution in [0, 0.1) is 0 Å². The Morgan fingerprint density at radius 3 is 1.47 bits per heavy atom.